The van der Waals surface area contributed by atoms with Crippen molar-refractivity contribution in [2.24, 2.45) is 0 Å². The molecule has 1 atom stereocenters. The van der Waals surface area contributed by atoms with E-state index in [1.54, 1.807) is 11.5 Å². The van der Waals surface area contributed by atoms with E-state index in [2.05, 4.69) is 15.5 Å². The van der Waals surface area contributed by atoms with Gasteiger partial charge in [-0.25, -0.2) is 23.7 Å². The Morgan fingerprint density at radius 1 is 1.15 bits per heavy atom. The summed E-state index contributed by atoms with van der Waals surface area (Å²) in [4.78, 5) is 41.5. The number of piperidine rings is 1. The number of anilines is 1. The van der Waals surface area contributed by atoms with E-state index in [1.807, 2.05) is 19.1 Å². The number of pyridine rings is 1. The summed E-state index contributed by atoms with van der Waals surface area (Å²) in [5.41, 5.74) is 3.26. The standard InChI is InChI=1S/C27H23F2N7O3S/c1-13-23(14(2)39-34-13)18-9-10-19-24(32-18)33-25(36(19)27-31-12-21(40-27)26(38)30-3)20-5-4-6-22(37)35(20)15-7-8-16(28)17(29)11-15/h7-12,20H,4-6H2,1-3H3,(H,30,38)/t20-/m0/s1. The van der Waals surface area contributed by atoms with Gasteiger partial charge in [-0.2, -0.15) is 0 Å². The first-order chi connectivity index (χ1) is 19.3. The van der Waals surface area contributed by atoms with Crippen molar-refractivity contribution in [3.05, 3.63) is 70.3 Å². The zero-order chi connectivity index (χ0) is 28.1. The quantitative estimate of drug-likeness (QED) is 0.318. The molecule has 6 rings (SSSR count). The number of hydrogen-bond acceptors (Lipinski definition) is 8. The van der Waals surface area contributed by atoms with Crippen molar-refractivity contribution in [3.63, 3.8) is 0 Å². The van der Waals surface area contributed by atoms with Gasteiger partial charge in [-0.05, 0) is 51.0 Å². The molecule has 1 aromatic carbocycles. The number of fused-ring (bicyclic) bond motifs is 1. The summed E-state index contributed by atoms with van der Waals surface area (Å²) >= 11 is 1.16. The maximum atomic E-state index is 14.3. The van der Waals surface area contributed by atoms with Crippen molar-refractivity contribution in [2.45, 2.75) is 39.2 Å². The Morgan fingerprint density at radius 2 is 1.98 bits per heavy atom. The minimum absolute atomic E-state index is 0.224. The van der Waals surface area contributed by atoms with Gasteiger partial charge in [-0.1, -0.05) is 16.5 Å². The molecule has 0 radical (unpaired) electrons. The van der Waals surface area contributed by atoms with Gasteiger partial charge in [-0.3, -0.25) is 14.2 Å². The number of carbonyl (C=O) groups is 2. The fraction of sp³-hybridized carbons (Fsp3) is 0.259. The zero-order valence-electron chi connectivity index (χ0n) is 21.7. The van der Waals surface area contributed by atoms with Crippen molar-refractivity contribution in [1.29, 1.82) is 0 Å². The first-order valence-electron chi connectivity index (χ1n) is 12.5. The number of aromatic nitrogens is 5. The maximum absolute atomic E-state index is 14.3. The molecule has 0 aliphatic carbocycles. The van der Waals surface area contributed by atoms with Gasteiger partial charge in [0.2, 0.25) is 5.91 Å². The first-order valence-corrected chi connectivity index (χ1v) is 13.4. The molecule has 0 spiro atoms. The number of amides is 2. The molecule has 2 amide bonds. The lowest BCUT2D eigenvalue weighted by molar-refractivity contribution is -0.120. The summed E-state index contributed by atoms with van der Waals surface area (Å²) in [5, 5.41) is 7.06. The van der Waals surface area contributed by atoms with E-state index >= 15 is 0 Å². The summed E-state index contributed by atoms with van der Waals surface area (Å²) in [6, 6.07) is 6.43. The van der Waals surface area contributed by atoms with E-state index in [-0.39, 0.29) is 23.9 Å². The van der Waals surface area contributed by atoms with Crippen molar-refractivity contribution in [3.8, 4) is 16.4 Å². The van der Waals surface area contributed by atoms with Crippen LogP contribution in [0.4, 0.5) is 14.5 Å². The van der Waals surface area contributed by atoms with E-state index in [4.69, 9.17) is 14.5 Å². The van der Waals surface area contributed by atoms with Crippen LogP contribution in [0.15, 0.2) is 41.1 Å². The molecular weight excluding hydrogens is 540 g/mol. The van der Waals surface area contributed by atoms with Gasteiger partial charge in [0.25, 0.3) is 5.91 Å². The number of halogens is 2. The average Bonchev–Trinajstić information content (AvgIpc) is 3.66. The van der Waals surface area contributed by atoms with Crippen molar-refractivity contribution >= 4 is 40.0 Å². The molecule has 0 bridgehead atoms. The van der Waals surface area contributed by atoms with Gasteiger partial charge in [-0.15, -0.1) is 0 Å². The second kappa shape index (κ2) is 9.90. The third kappa shape index (κ3) is 4.22. The normalized spacial score (nSPS) is 15.7. The predicted molar refractivity (Wildman–Crippen MR) is 143 cm³/mol. The molecule has 5 aromatic rings. The van der Waals surface area contributed by atoms with Crippen molar-refractivity contribution < 1.29 is 22.9 Å². The Morgan fingerprint density at radius 3 is 2.70 bits per heavy atom. The molecule has 1 aliphatic heterocycles. The Hall–Kier alpha value is -4.52. The monoisotopic (exact) mass is 563 g/mol. The molecule has 13 heteroatoms. The second-order valence-corrected chi connectivity index (χ2v) is 10.4. The van der Waals surface area contributed by atoms with Gasteiger partial charge in [0.05, 0.1) is 34.7 Å². The van der Waals surface area contributed by atoms with E-state index < -0.39 is 17.7 Å². The Labute approximate surface area is 230 Å². The summed E-state index contributed by atoms with van der Waals surface area (Å²) in [6.07, 6.45) is 2.81. The molecule has 1 aliphatic rings. The van der Waals surface area contributed by atoms with E-state index in [0.717, 1.165) is 29.0 Å². The number of imidazole rings is 1. The highest BCUT2D eigenvalue weighted by Crippen LogP contribution is 2.39. The van der Waals surface area contributed by atoms with Crippen LogP contribution in [0.25, 0.3) is 27.6 Å². The van der Waals surface area contributed by atoms with Crippen molar-refractivity contribution in [2.75, 3.05) is 11.9 Å². The van der Waals surface area contributed by atoms with Gasteiger partial charge in [0.15, 0.2) is 22.4 Å². The number of nitrogens with one attached hydrogen (secondary N) is 1. The number of nitrogens with zero attached hydrogens (tertiary/aromatic N) is 6. The number of rotatable bonds is 5. The predicted octanol–water partition coefficient (Wildman–Crippen LogP) is 5.04. The first kappa shape index (κ1) is 25.7. The van der Waals surface area contributed by atoms with Crippen LogP contribution in [0.1, 0.15) is 52.3 Å². The molecule has 40 heavy (non-hydrogen) atoms. The lowest BCUT2D eigenvalue weighted by atomic mass is 9.99. The van der Waals surface area contributed by atoms with Crippen LogP contribution in [0, 0.1) is 25.5 Å². The van der Waals surface area contributed by atoms with Gasteiger partial charge in [0.1, 0.15) is 16.5 Å². The number of hydrogen-bond donors (Lipinski definition) is 1. The topological polar surface area (TPSA) is 119 Å². The number of benzene rings is 1. The lowest BCUT2D eigenvalue weighted by Crippen LogP contribution is -2.39. The molecule has 4 aromatic heterocycles. The molecule has 204 valence electrons. The minimum atomic E-state index is -1.05. The van der Waals surface area contributed by atoms with Gasteiger partial charge >= 0.3 is 0 Å². The van der Waals surface area contributed by atoms with Crippen LogP contribution in [0.2, 0.25) is 0 Å². The third-order valence-corrected chi connectivity index (χ3v) is 7.88. The molecule has 1 N–H and O–H groups in total. The molecule has 5 heterocycles. The molecule has 10 nitrogen and oxygen atoms in total. The van der Waals surface area contributed by atoms with E-state index in [1.165, 1.54) is 24.2 Å². The second-order valence-electron chi connectivity index (χ2n) is 9.40. The third-order valence-electron chi connectivity index (χ3n) is 6.90. The summed E-state index contributed by atoms with van der Waals surface area (Å²) in [5.74, 6) is -1.53. The number of carbonyl (C=O) groups excluding carboxylic acids is 2. The molecule has 1 saturated heterocycles. The fourth-order valence-electron chi connectivity index (χ4n) is 5.06. The van der Waals surface area contributed by atoms with Crippen LogP contribution in [-0.2, 0) is 4.79 Å². The SMILES string of the molecule is CNC(=O)c1cnc(-n2c([C@@H]3CCCC(=O)N3c3ccc(F)c(F)c3)nc3nc(-c4c(C)noc4C)ccc32)s1. The van der Waals surface area contributed by atoms with Gasteiger partial charge < -0.3 is 14.7 Å². The molecule has 1 fully saturated rings. The fourth-order valence-corrected chi connectivity index (χ4v) is 5.95. The summed E-state index contributed by atoms with van der Waals surface area (Å²) in [6.45, 7) is 3.62. The van der Waals surface area contributed by atoms with E-state index in [0.29, 0.717) is 57.0 Å². The highest BCUT2D eigenvalue weighted by atomic mass is 32.1. The van der Waals surface area contributed by atoms with Crippen LogP contribution in [0.5, 0.6) is 0 Å². The number of aryl methyl sites for hydroxylation is 2. The van der Waals surface area contributed by atoms with Crippen LogP contribution >= 0.6 is 11.3 Å². The maximum Gasteiger partial charge on any atom is 0.262 e. The highest BCUT2D eigenvalue weighted by Gasteiger charge is 2.36. The molecule has 0 saturated carbocycles. The summed E-state index contributed by atoms with van der Waals surface area (Å²) in [7, 11) is 1.53. The van der Waals surface area contributed by atoms with Crippen LogP contribution in [-0.4, -0.2) is 43.5 Å². The minimum Gasteiger partial charge on any atom is -0.361 e. The summed E-state index contributed by atoms with van der Waals surface area (Å²) < 4.78 is 35.1. The van der Waals surface area contributed by atoms with E-state index in [9.17, 15) is 18.4 Å². The van der Waals surface area contributed by atoms with Crippen LogP contribution in [0.3, 0.4) is 0 Å². The molecular formula is C27H23F2N7O3S. The smallest absolute Gasteiger partial charge is 0.262 e. The van der Waals surface area contributed by atoms with Crippen molar-refractivity contribution in [1.82, 2.24) is 30.0 Å². The largest absolute Gasteiger partial charge is 0.361 e. The Kier molecular flexibility index (Phi) is 6.37. The Balaban J connectivity index is 1.56. The number of thiazole rings is 1. The van der Waals surface area contributed by atoms with Crippen LogP contribution < -0.4 is 10.2 Å². The molecule has 0 unspecified atom stereocenters. The highest BCUT2D eigenvalue weighted by molar-refractivity contribution is 7.16. The zero-order valence-corrected chi connectivity index (χ0v) is 22.6. The van der Waals surface area contributed by atoms with Gasteiger partial charge in [0, 0.05) is 25.2 Å². The lowest BCUT2D eigenvalue weighted by Gasteiger charge is -2.35. The Bertz CT molecular complexity index is 1770. The average molecular weight is 564 g/mol.